The average Bonchev–Trinajstić information content (AvgIpc) is 2.52. The highest BCUT2D eigenvalue weighted by Gasteiger charge is 2.18. The van der Waals surface area contributed by atoms with Crippen molar-refractivity contribution in [1.82, 2.24) is 0 Å². The van der Waals surface area contributed by atoms with Gasteiger partial charge in [0.2, 0.25) is 0 Å². The Morgan fingerprint density at radius 3 is 2.25 bits per heavy atom. The van der Waals surface area contributed by atoms with Gasteiger partial charge < -0.3 is 14.8 Å². The molecule has 24 heavy (non-hydrogen) atoms. The summed E-state index contributed by atoms with van der Waals surface area (Å²) in [6.45, 7) is 12.0. The zero-order valence-corrected chi connectivity index (χ0v) is 15.4. The molecule has 2 rings (SSSR count). The van der Waals surface area contributed by atoms with Crippen LogP contribution in [0.25, 0.3) is 0 Å². The van der Waals surface area contributed by atoms with E-state index in [0.29, 0.717) is 6.61 Å². The van der Waals surface area contributed by atoms with Crippen LogP contribution in [0.2, 0.25) is 0 Å². The van der Waals surface area contributed by atoms with Gasteiger partial charge in [0.1, 0.15) is 18.1 Å². The lowest BCUT2D eigenvalue weighted by Gasteiger charge is -2.22. The smallest absolute Gasteiger partial charge is 0.123 e. The predicted octanol–water partition coefficient (Wildman–Crippen LogP) is 5.26. The average molecular weight is 327 g/mol. The number of nitrogens with one attached hydrogen (secondary N) is 1. The Bertz CT molecular complexity index is 627. The highest BCUT2D eigenvalue weighted by molar-refractivity contribution is 5.46. The van der Waals surface area contributed by atoms with E-state index in [9.17, 15) is 0 Å². The van der Waals surface area contributed by atoms with Crippen molar-refractivity contribution >= 4 is 5.69 Å². The summed E-state index contributed by atoms with van der Waals surface area (Å²) in [4.78, 5) is 0. The van der Waals surface area contributed by atoms with Crippen LogP contribution in [0.5, 0.6) is 11.5 Å². The lowest BCUT2D eigenvalue weighted by atomic mass is 9.86. The van der Waals surface area contributed by atoms with Crippen molar-refractivity contribution in [3.8, 4) is 11.5 Å². The molecule has 2 aromatic carbocycles. The van der Waals surface area contributed by atoms with Crippen molar-refractivity contribution in [1.29, 1.82) is 0 Å². The Morgan fingerprint density at radius 2 is 1.62 bits per heavy atom. The molecule has 0 heterocycles. The van der Waals surface area contributed by atoms with Crippen LogP contribution in [0, 0.1) is 0 Å². The van der Waals surface area contributed by atoms with Crippen LogP contribution in [-0.4, -0.2) is 19.3 Å². The lowest BCUT2D eigenvalue weighted by molar-refractivity contribution is 0.242. The van der Waals surface area contributed by atoms with Gasteiger partial charge in [0, 0.05) is 12.2 Å². The molecule has 0 amide bonds. The van der Waals surface area contributed by atoms with Gasteiger partial charge >= 0.3 is 0 Å². The highest BCUT2D eigenvalue weighted by atomic mass is 16.5. The largest absolute Gasteiger partial charge is 0.491 e. The molecule has 0 aliphatic rings. The first-order valence-corrected chi connectivity index (χ1v) is 8.59. The van der Waals surface area contributed by atoms with Crippen LogP contribution in [0.3, 0.4) is 0 Å². The van der Waals surface area contributed by atoms with Crippen molar-refractivity contribution in [2.75, 3.05) is 18.5 Å². The van der Waals surface area contributed by atoms with Crippen LogP contribution in [0.15, 0.2) is 48.5 Å². The third kappa shape index (κ3) is 5.48. The quantitative estimate of drug-likeness (QED) is 0.703. The van der Waals surface area contributed by atoms with Gasteiger partial charge in [0.15, 0.2) is 0 Å². The van der Waals surface area contributed by atoms with Crippen LogP contribution in [0.4, 0.5) is 5.69 Å². The fourth-order valence-corrected chi connectivity index (χ4v) is 2.49. The summed E-state index contributed by atoms with van der Waals surface area (Å²) < 4.78 is 11.6. The first-order valence-electron chi connectivity index (χ1n) is 8.59. The summed E-state index contributed by atoms with van der Waals surface area (Å²) in [5.74, 6) is 1.86. The molecule has 0 atom stereocenters. The van der Waals surface area contributed by atoms with E-state index in [0.717, 1.165) is 23.7 Å². The number of rotatable bonds is 7. The second kappa shape index (κ2) is 8.09. The number of hydrogen-bond donors (Lipinski definition) is 1. The highest BCUT2D eigenvalue weighted by Crippen LogP contribution is 2.30. The fourth-order valence-electron chi connectivity index (χ4n) is 2.49. The van der Waals surface area contributed by atoms with Crippen LogP contribution < -0.4 is 14.8 Å². The van der Waals surface area contributed by atoms with Gasteiger partial charge in [0.25, 0.3) is 0 Å². The van der Waals surface area contributed by atoms with Crippen LogP contribution in [0.1, 0.15) is 40.2 Å². The molecule has 130 valence electrons. The maximum atomic E-state index is 5.97. The van der Waals surface area contributed by atoms with Gasteiger partial charge in [-0.05, 0) is 55.2 Å². The van der Waals surface area contributed by atoms with Crippen molar-refractivity contribution < 1.29 is 9.47 Å². The monoisotopic (exact) mass is 327 g/mol. The molecule has 0 aromatic heterocycles. The normalized spacial score (nSPS) is 11.4. The number of benzene rings is 2. The van der Waals surface area contributed by atoms with Gasteiger partial charge in [-0.2, -0.15) is 0 Å². The molecule has 0 unspecified atom stereocenters. The van der Waals surface area contributed by atoms with Crippen molar-refractivity contribution in [2.24, 2.45) is 0 Å². The summed E-state index contributed by atoms with van der Waals surface area (Å²) in [6.07, 6.45) is 0.195. The summed E-state index contributed by atoms with van der Waals surface area (Å²) >= 11 is 0. The fraction of sp³-hybridized carbons (Fsp3) is 0.429. The van der Waals surface area contributed by atoms with E-state index < -0.39 is 0 Å². The van der Waals surface area contributed by atoms with Gasteiger partial charge in [-0.1, -0.05) is 39.0 Å². The van der Waals surface area contributed by atoms with E-state index in [1.54, 1.807) is 0 Å². The minimum absolute atomic E-state index is 0.0796. The first-order chi connectivity index (χ1) is 11.4. The lowest BCUT2D eigenvalue weighted by Crippen LogP contribution is -2.16. The summed E-state index contributed by atoms with van der Waals surface area (Å²) in [5, 5.41) is 3.37. The van der Waals surface area contributed by atoms with E-state index in [-0.39, 0.29) is 11.5 Å². The molecule has 0 fully saturated rings. The van der Waals surface area contributed by atoms with Crippen molar-refractivity contribution in [3.05, 3.63) is 54.1 Å². The maximum Gasteiger partial charge on any atom is 0.123 e. The molecule has 0 aliphatic heterocycles. The summed E-state index contributed by atoms with van der Waals surface area (Å²) in [7, 11) is 0. The molecule has 0 spiro atoms. The summed E-state index contributed by atoms with van der Waals surface area (Å²) in [5.41, 5.74) is 2.38. The molecule has 0 saturated carbocycles. The molecular formula is C21H29NO2. The van der Waals surface area contributed by atoms with E-state index in [4.69, 9.17) is 9.47 Å². The van der Waals surface area contributed by atoms with E-state index in [1.807, 2.05) is 50.2 Å². The maximum absolute atomic E-state index is 5.97. The van der Waals surface area contributed by atoms with Crippen LogP contribution in [-0.2, 0) is 5.41 Å². The molecule has 2 aromatic rings. The Kier molecular flexibility index (Phi) is 6.13. The molecule has 3 nitrogen and oxygen atoms in total. The van der Waals surface area contributed by atoms with Gasteiger partial charge in [-0.15, -0.1) is 0 Å². The Morgan fingerprint density at radius 1 is 0.958 bits per heavy atom. The van der Waals surface area contributed by atoms with Gasteiger partial charge in [0.05, 0.1) is 6.10 Å². The second-order valence-electron chi connectivity index (χ2n) is 7.21. The first kappa shape index (κ1) is 18.2. The van der Waals surface area contributed by atoms with Crippen molar-refractivity contribution in [3.63, 3.8) is 0 Å². The zero-order valence-electron chi connectivity index (χ0n) is 15.4. The number of anilines is 1. The number of para-hydroxylation sites is 1. The predicted molar refractivity (Wildman–Crippen MR) is 101 cm³/mol. The van der Waals surface area contributed by atoms with Gasteiger partial charge in [-0.3, -0.25) is 0 Å². The molecule has 3 heteroatoms. The molecular weight excluding hydrogens is 298 g/mol. The number of ether oxygens (including phenoxy) is 2. The SMILES string of the molecule is CC(C)Oc1ccc(NCCOc2ccccc2C(C)(C)C)cc1. The second-order valence-corrected chi connectivity index (χ2v) is 7.21. The van der Waals surface area contributed by atoms with Crippen LogP contribution >= 0.6 is 0 Å². The third-order valence-corrected chi connectivity index (χ3v) is 3.61. The van der Waals surface area contributed by atoms with Crippen molar-refractivity contribution in [2.45, 2.75) is 46.1 Å². The summed E-state index contributed by atoms with van der Waals surface area (Å²) in [6, 6.07) is 16.3. The van der Waals surface area contributed by atoms with E-state index in [2.05, 4.69) is 38.2 Å². The molecule has 0 saturated heterocycles. The Balaban J connectivity index is 1.83. The van der Waals surface area contributed by atoms with E-state index >= 15 is 0 Å². The minimum Gasteiger partial charge on any atom is -0.491 e. The Hall–Kier alpha value is -2.16. The Labute approximate surface area is 146 Å². The number of hydrogen-bond acceptors (Lipinski definition) is 3. The molecule has 0 radical (unpaired) electrons. The topological polar surface area (TPSA) is 30.5 Å². The minimum atomic E-state index is 0.0796. The molecule has 1 N–H and O–H groups in total. The van der Waals surface area contributed by atoms with Gasteiger partial charge in [-0.25, -0.2) is 0 Å². The molecule has 0 aliphatic carbocycles. The third-order valence-electron chi connectivity index (χ3n) is 3.61. The standard InChI is InChI=1S/C21H29NO2/c1-16(2)24-18-12-10-17(11-13-18)22-14-15-23-20-9-7-6-8-19(20)21(3,4)5/h6-13,16,22H,14-15H2,1-5H3. The zero-order chi connectivity index (χ0) is 17.6. The molecule has 0 bridgehead atoms. The van der Waals surface area contributed by atoms with E-state index in [1.165, 1.54) is 5.56 Å².